The van der Waals surface area contributed by atoms with Gasteiger partial charge >= 0.3 is 0 Å². The predicted octanol–water partition coefficient (Wildman–Crippen LogP) is 2.91. The highest BCUT2D eigenvalue weighted by molar-refractivity contribution is 7.97. The summed E-state index contributed by atoms with van der Waals surface area (Å²) in [6, 6.07) is 5.78. The van der Waals surface area contributed by atoms with Crippen molar-refractivity contribution in [2.24, 2.45) is 5.41 Å². The van der Waals surface area contributed by atoms with Crippen molar-refractivity contribution in [3.05, 3.63) is 29.8 Å². The average Bonchev–Trinajstić information content (AvgIpc) is 2.90. The van der Waals surface area contributed by atoms with Crippen LogP contribution in [-0.4, -0.2) is 36.0 Å². The Morgan fingerprint density at radius 2 is 1.61 bits per heavy atom. The van der Waals surface area contributed by atoms with Crippen LogP contribution in [0.2, 0.25) is 0 Å². The number of hydrogen-bond donors (Lipinski definition) is 0. The molecule has 1 heterocycles. The van der Waals surface area contributed by atoms with E-state index in [1.807, 2.05) is 27.7 Å². The van der Waals surface area contributed by atoms with E-state index in [1.54, 1.807) is 12.1 Å². The third-order valence-electron chi connectivity index (χ3n) is 3.60. The Labute approximate surface area is 142 Å². The summed E-state index contributed by atoms with van der Waals surface area (Å²) < 4.78 is 31.2. The van der Waals surface area contributed by atoms with E-state index >= 15 is 0 Å². The fourth-order valence-corrected chi connectivity index (χ4v) is 4.96. The predicted molar refractivity (Wildman–Crippen MR) is 94.8 cm³/mol. The van der Waals surface area contributed by atoms with Crippen LogP contribution in [-0.2, 0) is 25.8 Å². The van der Waals surface area contributed by atoms with Gasteiger partial charge < -0.3 is 4.55 Å². The van der Waals surface area contributed by atoms with E-state index in [9.17, 15) is 17.8 Å². The van der Waals surface area contributed by atoms with E-state index in [1.165, 1.54) is 36.5 Å². The normalized spacial score (nSPS) is 15.9. The highest BCUT2D eigenvalue weighted by atomic mass is 32.2. The minimum Gasteiger partial charge on any atom is -0.744 e. The third-order valence-corrected chi connectivity index (χ3v) is 6.85. The van der Waals surface area contributed by atoms with Crippen molar-refractivity contribution in [3.63, 3.8) is 0 Å². The summed E-state index contributed by atoms with van der Waals surface area (Å²) in [5.74, 6) is 3.92. The van der Waals surface area contributed by atoms with Crippen LogP contribution in [0.5, 0.6) is 0 Å². The van der Waals surface area contributed by atoms with E-state index in [0.29, 0.717) is 16.7 Å². The Balaban J connectivity index is 0.000000231. The molecule has 23 heavy (non-hydrogen) atoms. The van der Waals surface area contributed by atoms with Crippen LogP contribution < -0.4 is 0 Å². The highest BCUT2D eigenvalue weighted by Gasteiger charge is 2.32. The molecule has 1 aliphatic heterocycles. The maximum atomic E-state index is 11.6. The number of carbonyl (C=O) groups excluding carboxylic acids is 1. The molecule has 130 valence electrons. The van der Waals surface area contributed by atoms with Gasteiger partial charge in [0.05, 0.1) is 4.90 Å². The smallest absolute Gasteiger partial charge is 0.187 e. The van der Waals surface area contributed by atoms with Gasteiger partial charge in [0.15, 0.2) is 11.5 Å². The van der Waals surface area contributed by atoms with Crippen molar-refractivity contribution in [2.75, 3.05) is 17.3 Å². The van der Waals surface area contributed by atoms with Crippen LogP contribution in [0.25, 0.3) is 0 Å². The Morgan fingerprint density at radius 3 is 2.00 bits per heavy atom. The summed E-state index contributed by atoms with van der Waals surface area (Å²) in [6.07, 6.45) is 2.70. The first-order valence-electron chi connectivity index (χ1n) is 7.70. The molecule has 0 radical (unpaired) electrons. The van der Waals surface area contributed by atoms with Gasteiger partial charge in [-0.05, 0) is 42.8 Å². The molecule has 4 nitrogen and oxygen atoms in total. The number of carbonyl (C=O) groups is 1. The monoisotopic (exact) mass is 358 g/mol. The molecule has 1 fully saturated rings. The van der Waals surface area contributed by atoms with Crippen LogP contribution in [0.1, 0.15) is 39.2 Å². The van der Waals surface area contributed by atoms with Crippen molar-refractivity contribution in [1.29, 1.82) is 0 Å². The Bertz CT molecular complexity index is 607. The van der Waals surface area contributed by atoms with E-state index < -0.39 is 10.1 Å². The molecule has 0 aliphatic carbocycles. The summed E-state index contributed by atoms with van der Waals surface area (Å²) in [5.41, 5.74) is 0.813. The summed E-state index contributed by atoms with van der Waals surface area (Å²) in [6.45, 7) is 7.89. The summed E-state index contributed by atoms with van der Waals surface area (Å²) in [5, 5.41) is 0. The number of ketones is 1. The van der Waals surface area contributed by atoms with E-state index in [4.69, 9.17) is 0 Å². The molecular weight excluding hydrogens is 332 g/mol. The van der Waals surface area contributed by atoms with Gasteiger partial charge in [-0.15, -0.1) is 0 Å². The molecule has 0 saturated carbocycles. The molecule has 0 N–H and O–H groups in total. The average molecular weight is 359 g/mol. The van der Waals surface area contributed by atoms with Gasteiger partial charge in [-0.25, -0.2) is 8.42 Å². The van der Waals surface area contributed by atoms with E-state index in [2.05, 4.69) is 0 Å². The van der Waals surface area contributed by atoms with Gasteiger partial charge in [-0.3, -0.25) is 4.79 Å². The van der Waals surface area contributed by atoms with Gasteiger partial charge in [0, 0.05) is 5.41 Å². The van der Waals surface area contributed by atoms with Gasteiger partial charge in [-0.1, -0.05) is 38.5 Å². The molecule has 0 spiro atoms. The quantitative estimate of drug-likeness (QED) is 0.615. The zero-order valence-corrected chi connectivity index (χ0v) is 15.9. The van der Waals surface area contributed by atoms with Gasteiger partial charge in [0.2, 0.25) is 0 Å². The van der Waals surface area contributed by atoms with Gasteiger partial charge in [0.1, 0.15) is 21.6 Å². The summed E-state index contributed by atoms with van der Waals surface area (Å²) in [4.78, 5) is 11.4. The standard InChI is InChI=1S/C10H19OS.C7H8O3S/c1-10(2,3)9(11)8-12-6-4-5-7-12;1-6-2-4-7(5-3-6)11(8,9)10/h4-8H2,1-3H3;2-5H,1H3,(H,8,9,10)/q+1;/p-1. The molecule has 1 aromatic rings. The van der Waals surface area contributed by atoms with Crippen LogP contribution >= 0.6 is 0 Å². The van der Waals surface area contributed by atoms with Crippen LogP contribution in [0.15, 0.2) is 29.2 Å². The second-order valence-corrected chi connectivity index (χ2v) is 10.5. The van der Waals surface area contributed by atoms with Crippen molar-refractivity contribution >= 4 is 26.8 Å². The first-order valence-corrected chi connectivity index (χ1v) is 10.8. The highest BCUT2D eigenvalue weighted by Crippen LogP contribution is 2.20. The molecule has 0 atom stereocenters. The van der Waals surface area contributed by atoms with Crippen molar-refractivity contribution < 1.29 is 17.8 Å². The second-order valence-electron chi connectivity index (χ2n) is 6.81. The largest absolute Gasteiger partial charge is 0.744 e. The lowest BCUT2D eigenvalue weighted by molar-refractivity contribution is -0.123. The first-order chi connectivity index (χ1) is 10.5. The molecule has 6 heteroatoms. The van der Waals surface area contributed by atoms with Gasteiger partial charge in [-0.2, -0.15) is 0 Å². The molecule has 0 unspecified atom stereocenters. The zero-order chi connectivity index (χ0) is 17.7. The van der Waals surface area contributed by atoms with E-state index in [0.717, 1.165) is 11.3 Å². The van der Waals surface area contributed by atoms with E-state index in [-0.39, 0.29) is 10.3 Å². The number of Topliss-reactive ketones (excluding diaryl/α,β-unsaturated/α-hetero) is 1. The van der Waals surface area contributed by atoms with Crippen molar-refractivity contribution in [2.45, 2.75) is 45.4 Å². The molecule has 1 saturated heterocycles. The maximum absolute atomic E-state index is 11.6. The fraction of sp³-hybridized carbons (Fsp3) is 0.588. The SMILES string of the molecule is CC(C)(C)C(=O)C[S+]1CCCC1.Cc1ccc(S(=O)(=O)[O-])cc1. The van der Waals surface area contributed by atoms with Gasteiger partial charge in [0.25, 0.3) is 0 Å². The molecule has 1 aromatic carbocycles. The molecule has 0 bridgehead atoms. The second kappa shape index (κ2) is 8.31. The molecule has 0 aromatic heterocycles. The van der Waals surface area contributed by atoms with Crippen LogP contribution in [0.3, 0.4) is 0 Å². The Hall–Kier alpha value is -0.850. The number of rotatable bonds is 3. The molecule has 1 aliphatic rings. The molecular formula is C17H26O4S2. The Kier molecular flexibility index (Phi) is 7.29. The maximum Gasteiger partial charge on any atom is 0.187 e. The minimum absolute atomic E-state index is 0.115. The zero-order valence-electron chi connectivity index (χ0n) is 14.3. The lowest BCUT2D eigenvalue weighted by Gasteiger charge is -2.14. The lowest BCUT2D eigenvalue weighted by atomic mass is 9.92. The van der Waals surface area contributed by atoms with Crippen molar-refractivity contribution in [3.8, 4) is 0 Å². The first kappa shape index (κ1) is 20.2. The molecule has 0 amide bonds. The topological polar surface area (TPSA) is 74.3 Å². The van der Waals surface area contributed by atoms with Crippen molar-refractivity contribution in [1.82, 2.24) is 0 Å². The summed E-state index contributed by atoms with van der Waals surface area (Å²) in [7, 11) is -3.82. The van der Waals surface area contributed by atoms with Crippen LogP contribution in [0.4, 0.5) is 0 Å². The third kappa shape index (κ3) is 7.50. The summed E-state index contributed by atoms with van der Waals surface area (Å²) >= 11 is 0. The number of aryl methyl sites for hydroxylation is 1. The number of hydrogen-bond acceptors (Lipinski definition) is 4. The lowest BCUT2D eigenvalue weighted by Crippen LogP contribution is -2.28. The van der Waals surface area contributed by atoms with Crippen LogP contribution in [0, 0.1) is 12.3 Å². The Morgan fingerprint density at radius 1 is 1.13 bits per heavy atom. The number of benzene rings is 1. The molecule has 2 rings (SSSR count). The fourth-order valence-electron chi connectivity index (χ4n) is 1.97. The minimum atomic E-state index is -4.27.